The summed E-state index contributed by atoms with van der Waals surface area (Å²) >= 11 is 0. The van der Waals surface area contributed by atoms with E-state index in [4.69, 9.17) is 0 Å². The highest BCUT2D eigenvalue weighted by Gasteiger charge is 2.06. The Labute approximate surface area is 149 Å². The van der Waals surface area contributed by atoms with Crippen LogP contribution in [0, 0.1) is 0 Å². The number of carbonyl (C=O) groups is 1. The molecule has 0 aliphatic heterocycles. The van der Waals surface area contributed by atoms with E-state index in [-0.39, 0.29) is 5.91 Å². The Balaban J connectivity index is 1.57. The highest BCUT2D eigenvalue weighted by molar-refractivity contribution is 5.91. The molecule has 1 N–H and O–H groups in total. The lowest BCUT2D eigenvalue weighted by Crippen LogP contribution is -2.21. The summed E-state index contributed by atoms with van der Waals surface area (Å²) in [5.41, 5.74) is 3.19. The minimum atomic E-state index is 0.0355. The molecular formula is C21H25N3O. The summed E-state index contributed by atoms with van der Waals surface area (Å²) in [6, 6.07) is 18.4. The van der Waals surface area contributed by atoms with E-state index < -0.39 is 0 Å². The van der Waals surface area contributed by atoms with Gasteiger partial charge in [-0.25, -0.2) is 0 Å². The predicted octanol–water partition coefficient (Wildman–Crippen LogP) is 4.52. The molecule has 3 rings (SSSR count). The molecule has 0 radical (unpaired) electrons. The summed E-state index contributed by atoms with van der Waals surface area (Å²) in [4.78, 5) is 14.5. The quantitative estimate of drug-likeness (QED) is 0.689. The van der Waals surface area contributed by atoms with Crippen molar-refractivity contribution in [3.8, 4) is 0 Å². The Kier molecular flexibility index (Phi) is 5.39. The Morgan fingerprint density at radius 1 is 1.00 bits per heavy atom. The second-order valence-corrected chi connectivity index (χ2v) is 6.09. The van der Waals surface area contributed by atoms with Gasteiger partial charge in [0.25, 0.3) is 0 Å². The van der Waals surface area contributed by atoms with Crippen molar-refractivity contribution in [3.05, 3.63) is 60.8 Å². The van der Waals surface area contributed by atoms with Crippen molar-refractivity contribution in [2.75, 3.05) is 23.3 Å². The number of aromatic nitrogens is 1. The molecule has 1 aromatic heterocycles. The second kappa shape index (κ2) is 7.88. The molecule has 4 nitrogen and oxygen atoms in total. The number of rotatable bonds is 7. The van der Waals surface area contributed by atoms with Crippen molar-refractivity contribution in [1.82, 2.24) is 4.57 Å². The number of anilines is 2. The second-order valence-electron chi connectivity index (χ2n) is 6.09. The molecule has 0 saturated carbocycles. The minimum Gasteiger partial charge on any atom is -0.372 e. The summed E-state index contributed by atoms with van der Waals surface area (Å²) in [6.45, 7) is 6.92. The number of aryl methyl sites for hydroxylation is 1. The maximum atomic E-state index is 12.2. The number of amides is 1. The third-order valence-corrected chi connectivity index (χ3v) is 4.54. The fourth-order valence-corrected chi connectivity index (χ4v) is 3.13. The van der Waals surface area contributed by atoms with Crippen LogP contribution in [0.3, 0.4) is 0 Å². The molecular weight excluding hydrogens is 310 g/mol. The molecule has 2 aromatic carbocycles. The largest absolute Gasteiger partial charge is 0.372 e. The van der Waals surface area contributed by atoms with Crippen LogP contribution in [0.25, 0.3) is 10.9 Å². The van der Waals surface area contributed by atoms with Crippen LogP contribution in [0.15, 0.2) is 60.8 Å². The first-order valence-electron chi connectivity index (χ1n) is 8.90. The van der Waals surface area contributed by atoms with Crippen LogP contribution in [-0.4, -0.2) is 23.6 Å². The molecule has 0 saturated heterocycles. The number of hydrogen-bond acceptors (Lipinski definition) is 2. The van der Waals surface area contributed by atoms with Crippen molar-refractivity contribution < 1.29 is 4.79 Å². The first-order chi connectivity index (χ1) is 12.2. The minimum absolute atomic E-state index is 0.0355. The zero-order chi connectivity index (χ0) is 17.6. The third kappa shape index (κ3) is 4.02. The van der Waals surface area contributed by atoms with Crippen LogP contribution in [0.5, 0.6) is 0 Å². The van der Waals surface area contributed by atoms with E-state index in [1.54, 1.807) is 0 Å². The fraction of sp³-hybridized carbons (Fsp3) is 0.286. The first-order valence-corrected chi connectivity index (χ1v) is 8.90. The normalized spacial score (nSPS) is 10.8. The maximum absolute atomic E-state index is 12.2. The number of nitrogens with zero attached hydrogens (tertiary/aromatic N) is 2. The van der Waals surface area contributed by atoms with E-state index >= 15 is 0 Å². The van der Waals surface area contributed by atoms with Crippen LogP contribution >= 0.6 is 0 Å². The van der Waals surface area contributed by atoms with E-state index in [0.29, 0.717) is 13.0 Å². The van der Waals surface area contributed by atoms with Crippen LogP contribution in [0.1, 0.15) is 20.3 Å². The van der Waals surface area contributed by atoms with Gasteiger partial charge in [-0.2, -0.15) is 0 Å². The SMILES string of the molecule is CCN(CC)c1ccc(NC(=O)CCn2ccc3ccccc32)cc1. The van der Waals surface area contributed by atoms with Gasteiger partial charge in [0.15, 0.2) is 0 Å². The van der Waals surface area contributed by atoms with Crippen LogP contribution in [0.2, 0.25) is 0 Å². The Hall–Kier alpha value is -2.75. The summed E-state index contributed by atoms with van der Waals surface area (Å²) in [5.74, 6) is 0.0355. The molecule has 0 aliphatic rings. The topological polar surface area (TPSA) is 37.3 Å². The van der Waals surface area contributed by atoms with Crippen molar-refractivity contribution in [3.63, 3.8) is 0 Å². The van der Waals surface area contributed by atoms with Gasteiger partial charge in [-0.3, -0.25) is 4.79 Å². The van der Waals surface area contributed by atoms with E-state index in [1.165, 1.54) is 16.6 Å². The highest BCUT2D eigenvalue weighted by Crippen LogP contribution is 2.18. The molecule has 0 unspecified atom stereocenters. The van der Waals surface area contributed by atoms with Gasteiger partial charge >= 0.3 is 0 Å². The third-order valence-electron chi connectivity index (χ3n) is 4.54. The zero-order valence-corrected chi connectivity index (χ0v) is 14.9. The lowest BCUT2D eigenvalue weighted by molar-refractivity contribution is -0.116. The van der Waals surface area contributed by atoms with Gasteiger partial charge in [-0.1, -0.05) is 18.2 Å². The Morgan fingerprint density at radius 2 is 1.72 bits per heavy atom. The summed E-state index contributed by atoms with van der Waals surface area (Å²) in [6.07, 6.45) is 2.49. The summed E-state index contributed by atoms with van der Waals surface area (Å²) < 4.78 is 2.12. The van der Waals surface area contributed by atoms with Gasteiger partial charge in [-0.05, 0) is 55.6 Å². The number of fused-ring (bicyclic) bond motifs is 1. The van der Waals surface area contributed by atoms with E-state index in [2.05, 4.69) is 59.0 Å². The average Bonchev–Trinajstić information content (AvgIpc) is 3.06. The van der Waals surface area contributed by atoms with E-state index in [9.17, 15) is 4.79 Å². The molecule has 130 valence electrons. The van der Waals surface area contributed by atoms with Crippen LogP contribution < -0.4 is 10.2 Å². The Morgan fingerprint density at radius 3 is 2.44 bits per heavy atom. The van der Waals surface area contributed by atoms with Crippen LogP contribution in [-0.2, 0) is 11.3 Å². The van der Waals surface area contributed by atoms with Gasteiger partial charge in [0.05, 0.1) is 0 Å². The van der Waals surface area contributed by atoms with Gasteiger partial charge in [-0.15, -0.1) is 0 Å². The standard InChI is InChI=1S/C21H25N3O/c1-3-23(4-2)19-11-9-18(10-12-19)22-21(25)14-16-24-15-13-17-7-5-6-8-20(17)24/h5-13,15H,3-4,14,16H2,1-2H3,(H,22,25). The molecule has 4 heteroatoms. The summed E-state index contributed by atoms with van der Waals surface area (Å²) in [7, 11) is 0. The number of para-hydroxylation sites is 1. The molecule has 25 heavy (non-hydrogen) atoms. The smallest absolute Gasteiger partial charge is 0.226 e. The zero-order valence-electron chi connectivity index (χ0n) is 14.9. The number of nitrogens with one attached hydrogen (secondary N) is 1. The molecule has 0 bridgehead atoms. The van der Waals surface area contributed by atoms with Crippen molar-refractivity contribution in [2.24, 2.45) is 0 Å². The number of hydrogen-bond donors (Lipinski definition) is 1. The van der Waals surface area contributed by atoms with Crippen molar-refractivity contribution in [2.45, 2.75) is 26.8 Å². The first kappa shape index (κ1) is 17.1. The molecule has 1 amide bonds. The van der Waals surface area contributed by atoms with E-state index in [0.717, 1.165) is 18.8 Å². The van der Waals surface area contributed by atoms with Crippen molar-refractivity contribution in [1.29, 1.82) is 0 Å². The Bertz CT molecular complexity index is 832. The van der Waals surface area contributed by atoms with Crippen LogP contribution in [0.4, 0.5) is 11.4 Å². The van der Waals surface area contributed by atoms with Gasteiger partial charge < -0.3 is 14.8 Å². The monoisotopic (exact) mass is 335 g/mol. The number of carbonyl (C=O) groups excluding carboxylic acids is 1. The van der Waals surface area contributed by atoms with Gasteiger partial charge in [0, 0.05) is 49.1 Å². The van der Waals surface area contributed by atoms with E-state index in [1.807, 2.05) is 30.5 Å². The molecule has 0 aliphatic carbocycles. The number of benzene rings is 2. The fourth-order valence-electron chi connectivity index (χ4n) is 3.13. The lowest BCUT2D eigenvalue weighted by Gasteiger charge is -2.21. The summed E-state index contributed by atoms with van der Waals surface area (Å²) in [5, 5.41) is 4.19. The van der Waals surface area contributed by atoms with Crippen molar-refractivity contribution >= 4 is 28.2 Å². The van der Waals surface area contributed by atoms with Gasteiger partial charge in [0.1, 0.15) is 0 Å². The molecule has 0 spiro atoms. The molecule has 0 atom stereocenters. The molecule has 0 fully saturated rings. The highest BCUT2D eigenvalue weighted by atomic mass is 16.1. The predicted molar refractivity (Wildman–Crippen MR) is 105 cm³/mol. The molecule has 1 heterocycles. The lowest BCUT2D eigenvalue weighted by atomic mass is 10.2. The van der Waals surface area contributed by atoms with Gasteiger partial charge in [0.2, 0.25) is 5.91 Å². The molecule has 3 aromatic rings. The average molecular weight is 335 g/mol. The maximum Gasteiger partial charge on any atom is 0.226 e.